The summed E-state index contributed by atoms with van der Waals surface area (Å²) in [5.41, 5.74) is -0.561. The lowest BCUT2D eigenvalue weighted by atomic mass is 10.1. The number of ether oxygens (including phenoxy) is 3. The third-order valence-corrected chi connectivity index (χ3v) is 2.26. The molecular formula is C13H17NO3. The van der Waals surface area contributed by atoms with Gasteiger partial charge in [-0.3, -0.25) is 0 Å². The zero-order valence-electron chi connectivity index (χ0n) is 10.6. The fourth-order valence-corrected chi connectivity index (χ4v) is 1.46. The predicted octanol–water partition coefficient (Wildman–Crippen LogP) is 2.77. The minimum Gasteiger partial charge on any atom is -0.493 e. The Kier molecular flexibility index (Phi) is 4.22. The minimum absolute atomic E-state index is 0.299. The molecule has 0 aromatic heterocycles. The van der Waals surface area contributed by atoms with E-state index in [9.17, 15) is 0 Å². The molecule has 0 N–H and O–H groups in total. The molecule has 0 bridgehead atoms. The highest BCUT2D eigenvalue weighted by molar-refractivity contribution is 5.51. The molecule has 0 atom stereocenters. The van der Waals surface area contributed by atoms with Crippen LogP contribution in [-0.2, 0) is 0 Å². The second kappa shape index (κ2) is 5.44. The molecule has 4 heteroatoms. The molecule has 1 rings (SSSR count). The van der Waals surface area contributed by atoms with Gasteiger partial charge in [0.15, 0.2) is 11.5 Å². The molecule has 0 saturated carbocycles. The van der Waals surface area contributed by atoms with Crippen molar-refractivity contribution in [2.75, 3.05) is 14.2 Å². The van der Waals surface area contributed by atoms with Crippen molar-refractivity contribution in [3.05, 3.63) is 18.2 Å². The zero-order valence-corrected chi connectivity index (χ0v) is 10.6. The number of hydrogen-bond acceptors (Lipinski definition) is 4. The van der Waals surface area contributed by atoms with Gasteiger partial charge in [-0.2, -0.15) is 5.26 Å². The lowest BCUT2D eigenvalue weighted by Crippen LogP contribution is -2.27. The lowest BCUT2D eigenvalue weighted by molar-refractivity contribution is 0.109. The molecule has 0 heterocycles. The van der Waals surface area contributed by atoms with E-state index in [2.05, 4.69) is 6.07 Å². The molecule has 0 aliphatic heterocycles. The molecule has 0 aliphatic rings. The summed E-state index contributed by atoms with van der Waals surface area (Å²) in [5.74, 6) is 1.73. The van der Waals surface area contributed by atoms with Gasteiger partial charge in [0.25, 0.3) is 0 Å². The Balaban J connectivity index is 3.03. The van der Waals surface area contributed by atoms with Crippen LogP contribution in [-0.4, -0.2) is 19.8 Å². The van der Waals surface area contributed by atoms with E-state index in [0.717, 1.165) is 0 Å². The van der Waals surface area contributed by atoms with Gasteiger partial charge in [-0.1, -0.05) is 6.07 Å². The molecular weight excluding hydrogens is 218 g/mol. The van der Waals surface area contributed by atoms with Crippen molar-refractivity contribution < 1.29 is 14.2 Å². The van der Waals surface area contributed by atoms with Crippen LogP contribution in [0, 0.1) is 11.3 Å². The summed E-state index contributed by atoms with van der Waals surface area (Å²) in [5, 5.41) is 8.72. The van der Waals surface area contributed by atoms with Gasteiger partial charge >= 0.3 is 0 Å². The van der Waals surface area contributed by atoms with Crippen molar-refractivity contribution in [3.63, 3.8) is 0 Å². The van der Waals surface area contributed by atoms with Crippen molar-refractivity contribution in [3.8, 4) is 23.3 Å². The molecule has 92 valence electrons. The van der Waals surface area contributed by atoms with Crippen LogP contribution in [0.2, 0.25) is 0 Å². The van der Waals surface area contributed by atoms with Crippen molar-refractivity contribution in [2.45, 2.75) is 25.9 Å². The molecule has 0 aliphatic carbocycles. The van der Waals surface area contributed by atoms with Crippen molar-refractivity contribution in [1.29, 1.82) is 5.26 Å². The van der Waals surface area contributed by atoms with Gasteiger partial charge in [0.05, 0.1) is 26.7 Å². The van der Waals surface area contributed by atoms with Gasteiger partial charge < -0.3 is 14.2 Å². The normalized spacial score (nSPS) is 10.5. The molecule has 0 unspecified atom stereocenters. The SMILES string of the molecule is COc1cccc(OC(C)(C)CC#N)c1OC. The maximum atomic E-state index is 8.72. The van der Waals surface area contributed by atoms with Crippen LogP contribution in [0.1, 0.15) is 20.3 Å². The zero-order chi connectivity index (χ0) is 12.9. The number of para-hydroxylation sites is 1. The fraction of sp³-hybridized carbons (Fsp3) is 0.462. The number of nitrogens with zero attached hydrogens (tertiary/aromatic N) is 1. The number of rotatable bonds is 5. The van der Waals surface area contributed by atoms with E-state index in [1.807, 2.05) is 19.9 Å². The Bertz CT molecular complexity index is 421. The van der Waals surface area contributed by atoms with E-state index in [4.69, 9.17) is 19.5 Å². The van der Waals surface area contributed by atoms with E-state index < -0.39 is 5.60 Å². The molecule has 17 heavy (non-hydrogen) atoms. The van der Waals surface area contributed by atoms with Gasteiger partial charge in [0, 0.05) is 0 Å². The second-order valence-corrected chi connectivity index (χ2v) is 4.19. The Morgan fingerprint density at radius 2 is 1.82 bits per heavy atom. The maximum Gasteiger partial charge on any atom is 0.203 e. The highest BCUT2D eigenvalue weighted by atomic mass is 16.5. The first-order chi connectivity index (χ1) is 8.04. The van der Waals surface area contributed by atoms with Crippen molar-refractivity contribution in [1.82, 2.24) is 0 Å². The summed E-state index contributed by atoms with van der Waals surface area (Å²) < 4.78 is 16.2. The highest BCUT2D eigenvalue weighted by Crippen LogP contribution is 2.38. The van der Waals surface area contributed by atoms with Gasteiger partial charge in [-0.05, 0) is 26.0 Å². The Morgan fingerprint density at radius 3 is 2.35 bits per heavy atom. The van der Waals surface area contributed by atoms with E-state index in [1.54, 1.807) is 26.4 Å². The summed E-state index contributed by atoms with van der Waals surface area (Å²) >= 11 is 0. The van der Waals surface area contributed by atoms with Crippen molar-refractivity contribution >= 4 is 0 Å². The monoisotopic (exact) mass is 235 g/mol. The van der Waals surface area contributed by atoms with E-state index >= 15 is 0 Å². The summed E-state index contributed by atoms with van der Waals surface area (Å²) in [7, 11) is 3.13. The van der Waals surface area contributed by atoms with Gasteiger partial charge in [0.1, 0.15) is 5.60 Å². The molecule has 1 aromatic carbocycles. The van der Waals surface area contributed by atoms with Gasteiger partial charge in [-0.15, -0.1) is 0 Å². The molecule has 0 spiro atoms. The van der Waals surface area contributed by atoms with Crippen LogP contribution < -0.4 is 14.2 Å². The fourth-order valence-electron chi connectivity index (χ4n) is 1.46. The topological polar surface area (TPSA) is 51.5 Å². The number of methoxy groups -OCH3 is 2. The summed E-state index contributed by atoms with van der Waals surface area (Å²) in [4.78, 5) is 0. The molecule has 1 aromatic rings. The number of benzene rings is 1. The number of hydrogen-bond donors (Lipinski definition) is 0. The summed E-state index contributed by atoms with van der Waals surface area (Å²) in [6.45, 7) is 3.71. The minimum atomic E-state index is -0.561. The van der Waals surface area contributed by atoms with Gasteiger partial charge in [-0.25, -0.2) is 0 Å². The standard InChI is InChI=1S/C13H17NO3/c1-13(2,8-9-14)17-11-7-5-6-10(15-3)12(11)16-4/h5-7H,8H2,1-4H3. The first kappa shape index (κ1) is 13.2. The quantitative estimate of drug-likeness (QED) is 0.787. The van der Waals surface area contributed by atoms with Crippen LogP contribution >= 0.6 is 0 Å². The average Bonchev–Trinajstić information content (AvgIpc) is 2.27. The Labute approximate surface area is 102 Å². The van der Waals surface area contributed by atoms with Crippen LogP contribution in [0.5, 0.6) is 17.2 Å². The molecule has 0 amide bonds. The highest BCUT2D eigenvalue weighted by Gasteiger charge is 2.22. The molecule has 0 fully saturated rings. The van der Waals surface area contributed by atoms with Crippen LogP contribution in [0.3, 0.4) is 0 Å². The predicted molar refractivity (Wildman–Crippen MR) is 64.5 cm³/mol. The van der Waals surface area contributed by atoms with Crippen LogP contribution in [0.4, 0.5) is 0 Å². The Hall–Kier alpha value is -1.89. The smallest absolute Gasteiger partial charge is 0.203 e. The first-order valence-corrected chi connectivity index (χ1v) is 5.31. The van der Waals surface area contributed by atoms with Crippen LogP contribution in [0.25, 0.3) is 0 Å². The van der Waals surface area contributed by atoms with Crippen molar-refractivity contribution in [2.24, 2.45) is 0 Å². The third-order valence-electron chi connectivity index (χ3n) is 2.26. The van der Waals surface area contributed by atoms with E-state index in [1.165, 1.54) is 0 Å². The summed E-state index contributed by atoms with van der Waals surface area (Å²) in [6.07, 6.45) is 0.299. The second-order valence-electron chi connectivity index (χ2n) is 4.19. The average molecular weight is 235 g/mol. The molecule has 0 radical (unpaired) electrons. The third kappa shape index (κ3) is 3.28. The largest absolute Gasteiger partial charge is 0.493 e. The lowest BCUT2D eigenvalue weighted by Gasteiger charge is -2.25. The van der Waals surface area contributed by atoms with Gasteiger partial charge in [0.2, 0.25) is 5.75 Å². The first-order valence-electron chi connectivity index (χ1n) is 5.31. The van der Waals surface area contributed by atoms with E-state index in [0.29, 0.717) is 23.7 Å². The summed E-state index contributed by atoms with van der Waals surface area (Å²) in [6, 6.07) is 7.50. The van der Waals surface area contributed by atoms with Crippen LogP contribution in [0.15, 0.2) is 18.2 Å². The number of nitriles is 1. The maximum absolute atomic E-state index is 8.72. The van der Waals surface area contributed by atoms with E-state index in [-0.39, 0.29) is 0 Å². The Morgan fingerprint density at radius 1 is 1.18 bits per heavy atom. The molecule has 4 nitrogen and oxygen atoms in total. The molecule has 0 saturated heterocycles.